The van der Waals surface area contributed by atoms with Gasteiger partial charge in [0.15, 0.2) is 0 Å². The molecular weight excluding hydrogens is 258 g/mol. The summed E-state index contributed by atoms with van der Waals surface area (Å²) in [6, 6.07) is 0. The summed E-state index contributed by atoms with van der Waals surface area (Å²) >= 11 is 1.42. The van der Waals surface area contributed by atoms with E-state index in [1.165, 1.54) is 11.3 Å². The van der Waals surface area contributed by atoms with Crippen LogP contribution in [-0.2, 0) is 0 Å². The lowest BCUT2D eigenvalue weighted by Crippen LogP contribution is -2.51. The van der Waals surface area contributed by atoms with Gasteiger partial charge in [-0.15, -0.1) is 23.7 Å². The van der Waals surface area contributed by atoms with Crippen LogP contribution in [0.2, 0.25) is 0 Å². The van der Waals surface area contributed by atoms with Gasteiger partial charge in [-0.2, -0.15) is 0 Å². The molecule has 0 bridgehead atoms. The Morgan fingerprint density at radius 3 is 2.71 bits per heavy atom. The smallest absolute Gasteiger partial charge is 0.263 e. The van der Waals surface area contributed by atoms with Crippen molar-refractivity contribution in [1.29, 1.82) is 0 Å². The van der Waals surface area contributed by atoms with Crippen LogP contribution in [0.4, 0.5) is 0 Å². The second-order valence-corrected chi connectivity index (χ2v) is 5.62. The summed E-state index contributed by atoms with van der Waals surface area (Å²) < 4.78 is 0. The van der Waals surface area contributed by atoms with Gasteiger partial charge in [0.05, 0.1) is 16.7 Å². The van der Waals surface area contributed by atoms with Gasteiger partial charge in [-0.25, -0.2) is 4.98 Å². The largest absolute Gasteiger partial charge is 0.345 e. The summed E-state index contributed by atoms with van der Waals surface area (Å²) in [4.78, 5) is 16.7. The number of carbonyl (C=O) groups excluding carboxylic acids is 1. The molecule has 96 valence electrons. The van der Waals surface area contributed by atoms with Gasteiger partial charge in [-0.05, 0) is 19.8 Å². The quantitative estimate of drug-likeness (QED) is 0.885. The lowest BCUT2D eigenvalue weighted by atomic mass is 9.98. The molecule has 0 aliphatic heterocycles. The van der Waals surface area contributed by atoms with Crippen LogP contribution >= 0.6 is 23.7 Å². The average Bonchev–Trinajstić information content (AvgIpc) is 2.88. The molecule has 1 aliphatic carbocycles. The first kappa shape index (κ1) is 14.4. The van der Waals surface area contributed by atoms with E-state index in [4.69, 9.17) is 5.73 Å². The fraction of sp³-hybridized carbons (Fsp3) is 0.636. The van der Waals surface area contributed by atoms with E-state index in [2.05, 4.69) is 10.3 Å². The summed E-state index contributed by atoms with van der Waals surface area (Å²) in [6.45, 7) is 2.42. The Morgan fingerprint density at radius 1 is 1.59 bits per heavy atom. The van der Waals surface area contributed by atoms with Gasteiger partial charge in [-0.1, -0.05) is 12.8 Å². The molecule has 6 heteroatoms. The van der Waals surface area contributed by atoms with Crippen molar-refractivity contribution in [2.24, 2.45) is 5.73 Å². The Bertz CT molecular complexity index is 388. The number of carbonyl (C=O) groups is 1. The fourth-order valence-electron chi connectivity index (χ4n) is 2.20. The Morgan fingerprint density at radius 2 is 2.24 bits per heavy atom. The molecular formula is C11H18ClN3OS. The van der Waals surface area contributed by atoms with Gasteiger partial charge in [0.25, 0.3) is 5.91 Å². The number of rotatable bonds is 3. The zero-order valence-corrected chi connectivity index (χ0v) is 11.5. The monoisotopic (exact) mass is 275 g/mol. The summed E-state index contributed by atoms with van der Waals surface area (Å²) in [6.07, 6.45) is 5.92. The lowest BCUT2D eigenvalue weighted by molar-refractivity contribution is 0.0907. The van der Waals surface area contributed by atoms with Crippen molar-refractivity contribution in [2.75, 3.05) is 6.54 Å². The van der Waals surface area contributed by atoms with Gasteiger partial charge in [0.2, 0.25) is 0 Å². The van der Waals surface area contributed by atoms with Crippen molar-refractivity contribution < 1.29 is 4.79 Å². The fourth-order valence-corrected chi connectivity index (χ4v) is 2.87. The number of aromatic nitrogens is 1. The van der Waals surface area contributed by atoms with Gasteiger partial charge >= 0.3 is 0 Å². The Hall–Kier alpha value is -0.650. The van der Waals surface area contributed by atoms with Crippen LogP contribution in [0, 0.1) is 6.92 Å². The van der Waals surface area contributed by atoms with Crippen LogP contribution in [-0.4, -0.2) is 23.0 Å². The van der Waals surface area contributed by atoms with Crippen LogP contribution in [0.5, 0.6) is 0 Å². The van der Waals surface area contributed by atoms with Gasteiger partial charge in [-0.3, -0.25) is 4.79 Å². The molecule has 3 N–H and O–H groups in total. The maximum absolute atomic E-state index is 12.0. The third kappa shape index (κ3) is 3.18. The molecule has 17 heavy (non-hydrogen) atoms. The van der Waals surface area contributed by atoms with E-state index < -0.39 is 0 Å². The number of hydrogen-bond donors (Lipinski definition) is 2. The number of nitrogens with zero attached hydrogens (tertiary/aromatic N) is 1. The van der Waals surface area contributed by atoms with Crippen molar-refractivity contribution in [2.45, 2.75) is 38.1 Å². The van der Waals surface area contributed by atoms with E-state index in [9.17, 15) is 4.79 Å². The standard InChI is InChI=1S/C11H17N3OS.ClH/c1-8-13-6-9(16-8)10(15)14-11(7-12)4-2-3-5-11;/h6H,2-5,7,12H2,1H3,(H,14,15);1H. The SMILES string of the molecule is Cc1ncc(C(=O)NC2(CN)CCCC2)s1.Cl. The number of thiazole rings is 1. The molecule has 1 aromatic heterocycles. The van der Waals surface area contributed by atoms with Gasteiger partial charge in [0.1, 0.15) is 4.88 Å². The summed E-state index contributed by atoms with van der Waals surface area (Å²) in [5.74, 6) is -0.0297. The van der Waals surface area contributed by atoms with Crippen molar-refractivity contribution in [1.82, 2.24) is 10.3 Å². The lowest BCUT2D eigenvalue weighted by Gasteiger charge is -2.28. The molecule has 2 rings (SSSR count). The second kappa shape index (κ2) is 5.80. The Balaban J connectivity index is 0.00000144. The third-order valence-electron chi connectivity index (χ3n) is 3.18. The molecule has 1 saturated carbocycles. The highest BCUT2D eigenvalue weighted by Gasteiger charge is 2.34. The topological polar surface area (TPSA) is 68.0 Å². The van der Waals surface area contributed by atoms with Crippen LogP contribution in [0.15, 0.2) is 6.20 Å². The van der Waals surface area contributed by atoms with Crippen molar-refractivity contribution >= 4 is 29.7 Å². The molecule has 0 unspecified atom stereocenters. The first-order chi connectivity index (χ1) is 7.65. The van der Waals surface area contributed by atoms with Crippen LogP contribution < -0.4 is 11.1 Å². The van der Waals surface area contributed by atoms with E-state index in [1.807, 2.05) is 6.92 Å². The third-order valence-corrected chi connectivity index (χ3v) is 4.09. The van der Waals surface area contributed by atoms with E-state index in [1.54, 1.807) is 6.20 Å². The Labute approximate surface area is 111 Å². The first-order valence-electron chi connectivity index (χ1n) is 5.60. The maximum atomic E-state index is 12.0. The summed E-state index contributed by atoms with van der Waals surface area (Å²) in [7, 11) is 0. The molecule has 1 aromatic rings. The Kier molecular flexibility index (Phi) is 4.91. The second-order valence-electron chi connectivity index (χ2n) is 4.39. The van der Waals surface area contributed by atoms with Gasteiger partial charge < -0.3 is 11.1 Å². The van der Waals surface area contributed by atoms with Crippen molar-refractivity contribution in [3.05, 3.63) is 16.1 Å². The van der Waals surface area contributed by atoms with Crippen LogP contribution in [0.1, 0.15) is 40.4 Å². The van der Waals surface area contributed by atoms with Crippen molar-refractivity contribution in [3.63, 3.8) is 0 Å². The average molecular weight is 276 g/mol. The molecule has 1 fully saturated rings. The number of hydrogen-bond acceptors (Lipinski definition) is 4. The number of amides is 1. The number of nitrogens with two attached hydrogens (primary N) is 1. The highest BCUT2D eigenvalue weighted by atomic mass is 35.5. The molecule has 0 atom stereocenters. The number of halogens is 1. The minimum absolute atomic E-state index is 0. The molecule has 0 saturated heterocycles. The molecule has 0 radical (unpaired) electrons. The van der Waals surface area contributed by atoms with E-state index in [-0.39, 0.29) is 23.9 Å². The maximum Gasteiger partial charge on any atom is 0.263 e. The van der Waals surface area contributed by atoms with E-state index in [0.29, 0.717) is 11.4 Å². The summed E-state index contributed by atoms with van der Waals surface area (Å²) in [5, 5.41) is 3.99. The molecule has 0 spiro atoms. The predicted octanol–water partition coefficient (Wildman–Crippen LogP) is 1.87. The zero-order valence-electron chi connectivity index (χ0n) is 9.86. The minimum Gasteiger partial charge on any atom is -0.345 e. The van der Waals surface area contributed by atoms with Crippen LogP contribution in [0.3, 0.4) is 0 Å². The number of aryl methyl sites for hydroxylation is 1. The van der Waals surface area contributed by atoms with E-state index >= 15 is 0 Å². The molecule has 1 amide bonds. The predicted molar refractivity (Wildman–Crippen MR) is 71.8 cm³/mol. The minimum atomic E-state index is -0.172. The molecule has 1 aliphatic rings. The molecule has 4 nitrogen and oxygen atoms in total. The highest BCUT2D eigenvalue weighted by Crippen LogP contribution is 2.29. The molecule has 0 aromatic carbocycles. The van der Waals surface area contributed by atoms with Crippen molar-refractivity contribution in [3.8, 4) is 0 Å². The zero-order chi connectivity index (χ0) is 11.6. The highest BCUT2D eigenvalue weighted by molar-refractivity contribution is 7.13. The van der Waals surface area contributed by atoms with Crippen LogP contribution in [0.25, 0.3) is 0 Å². The molecule has 1 heterocycles. The summed E-state index contributed by atoms with van der Waals surface area (Å²) in [5.41, 5.74) is 5.60. The first-order valence-corrected chi connectivity index (χ1v) is 6.42. The van der Waals surface area contributed by atoms with Gasteiger partial charge in [0, 0.05) is 6.54 Å². The normalized spacial score (nSPS) is 17.5. The van der Waals surface area contributed by atoms with E-state index in [0.717, 1.165) is 30.7 Å². The number of nitrogens with one attached hydrogen (secondary N) is 1.